The molecule has 1 saturated heterocycles. The second-order valence-electron chi connectivity index (χ2n) is 6.44. The predicted molar refractivity (Wildman–Crippen MR) is 102 cm³/mol. The van der Waals surface area contributed by atoms with Crippen molar-refractivity contribution in [2.45, 2.75) is 26.7 Å². The van der Waals surface area contributed by atoms with Gasteiger partial charge in [-0.25, -0.2) is 9.97 Å². The number of carbonyl (C=O) groups is 1. The van der Waals surface area contributed by atoms with Crippen molar-refractivity contribution in [1.29, 1.82) is 0 Å². The summed E-state index contributed by atoms with van der Waals surface area (Å²) in [6.07, 6.45) is 2.22. The van der Waals surface area contributed by atoms with Crippen molar-refractivity contribution >= 4 is 40.7 Å². The molecule has 0 radical (unpaired) electrons. The Morgan fingerprint density at radius 2 is 1.92 bits per heavy atom. The summed E-state index contributed by atoms with van der Waals surface area (Å²) in [5.74, 6) is 0.990. The first-order chi connectivity index (χ1) is 11.9. The van der Waals surface area contributed by atoms with Crippen molar-refractivity contribution in [2.24, 2.45) is 5.92 Å². The molecule has 7 heteroatoms. The number of aromatic nitrogens is 2. The van der Waals surface area contributed by atoms with Crippen LogP contribution in [0.25, 0.3) is 0 Å². The number of benzene rings is 1. The molecular weight excluding hydrogens is 359 g/mol. The van der Waals surface area contributed by atoms with Gasteiger partial charge in [0, 0.05) is 23.8 Å². The molecule has 1 aromatic carbocycles. The van der Waals surface area contributed by atoms with Crippen LogP contribution in [0.1, 0.15) is 35.9 Å². The topological polar surface area (TPSA) is 58.1 Å². The minimum Gasteiger partial charge on any atom is -0.341 e. The monoisotopic (exact) mass is 378 g/mol. The molecule has 2 aromatic rings. The van der Waals surface area contributed by atoms with Crippen molar-refractivity contribution < 1.29 is 4.79 Å². The number of hydrogen-bond acceptors (Lipinski definition) is 4. The highest BCUT2D eigenvalue weighted by Gasteiger charge is 2.20. The zero-order chi connectivity index (χ0) is 18.0. The predicted octanol–water partition coefficient (Wildman–Crippen LogP) is 4.58. The van der Waals surface area contributed by atoms with E-state index in [9.17, 15) is 4.79 Å². The van der Waals surface area contributed by atoms with Gasteiger partial charge in [0.2, 0.25) is 5.95 Å². The normalized spacial score (nSPS) is 15.3. The van der Waals surface area contributed by atoms with Crippen LogP contribution in [-0.4, -0.2) is 29.0 Å². The summed E-state index contributed by atoms with van der Waals surface area (Å²) in [7, 11) is 0. The highest BCUT2D eigenvalue weighted by molar-refractivity contribution is 6.35. The Morgan fingerprint density at radius 3 is 2.64 bits per heavy atom. The Hall–Kier alpha value is -1.85. The number of anilines is 2. The third-order valence-electron chi connectivity index (χ3n) is 4.32. The van der Waals surface area contributed by atoms with Crippen LogP contribution in [0, 0.1) is 12.8 Å². The van der Waals surface area contributed by atoms with E-state index in [1.165, 1.54) is 0 Å². The van der Waals surface area contributed by atoms with Crippen LogP contribution in [0.3, 0.4) is 0 Å². The molecule has 0 spiro atoms. The van der Waals surface area contributed by atoms with Crippen LogP contribution in [0.2, 0.25) is 10.0 Å². The molecule has 0 bridgehead atoms. The van der Waals surface area contributed by atoms with E-state index in [0.717, 1.165) is 31.6 Å². The van der Waals surface area contributed by atoms with Crippen LogP contribution < -0.4 is 10.2 Å². The second-order valence-corrected chi connectivity index (χ2v) is 7.29. The van der Waals surface area contributed by atoms with Gasteiger partial charge < -0.3 is 10.2 Å². The molecule has 3 rings (SSSR count). The number of nitrogens with zero attached hydrogens (tertiary/aromatic N) is 3. The highest BCUT2D eigenvalue weighted by Crippen LogP contribution is 2.26. The smallest absolute Gasteiger partial charge is 0.274 e. The van der Waals surface area contributed by atoms with Gasteiger partial charge in [0.25, 0.3) is 5.91 Å². The minimum atomic E-state index is -0.332. The first-order valence-corrected chi connectivity index (χ1v) is 9.05. The lowest BCUT2D eigenvalue weighted by atomic mass is 10.00. The van der Waals surface area contributed by atoms with Crippen molar-refractivity contribution in [2.75, 3.05) is 23.3 Å². The highest BCUT2D eigenvalue weighted by atomic mass is 35.5. The van der Waals surface area contributed by atoms with Gasteiger partial charge in [-0.2, -0.15) is 0 Å². The van der Waals surface area contributed by atoms with Crippen molar-refractivity contribution in [1.82, 2.24) is 9.97 Å². The molecule has 0 unspecified atom stereocenters. The zero-order valence-electron chi connectivity index (χ0n) is 14.2. The number of aryl methyl sites for hydroxylation is 1. The number of amides is 1. The summed E-state index contributed by atoms with van der Waals surface area (Å²) in [5, 5.41) is 3.69. The molecule has 2 heterocycles. The summed E-state index contributed by atoms with van der Waals surface area (Å²) < 4.78 is 0. The quantitative estimate of drug-likeness (QED) is 0.848. The van der Waals surface area contributed by atoms with Gasteiger partial charge in [0.05, 0.1) is 10.7 Å². The fourth-order valence-electron chi connectivity index (χ4n) is 2.80. The minimum absolute atomic E-state index is 0.317. The van der Waals surface area contributed by atoms with E-state index < -0.39 is 0 Å². The lowest BCUT2D eigenvalue weighted by Crippen LogP contribution is -2.34. The number of halogens is 2. The van der Waals surface area contributed by atoms with E-state index in [1.807, 2.05) is 6.92 Å². The van der Waals surface area contributed by atoms with Gasteiger partial charge in [-0.1, -0.05) is 30.1 Å². The van der Waals surface area contributed by atoms with E-state index in [2.05, 4.69) is 27.1 Å². The number of hydrogen-bond donors (Lipinski definition) is 1. The maximum atomic E-state index is 12.6. The number of piperidine rings is 1. The fourth-order valence-corrected chi connectivity index (χ4v) is 3.14. The molecule has 1 N–H and O–H groups in total. The lowest BCUT2D eigenvalue weighted by molar-refractivity contribution is 0.102. The van der Waals surface area contributed by atoms with Crippen molar-refractivity contribution in [3.8, 4) is 0 Å². The summed E-state index contributed by atoms with van der Waals surface area (Å²) in [4.78, 5) is 23.7. The summed E-state index contributed by atoms with van der Waals surface area (Å²) >= 11 is 12.1. The molecule has 1 aliphatic heterocycles. The molecule has 1 aliphatic rings. The van der Waals surface area contributed by atoms with E-state index in [-0.39, 0.29) is 5.91 Å². The SMILES string of the molecule is Cc1cc(C(=O)Nc2cc(Cl)ccc2Cl)nc(N2CCC(C)CC2)n1. The largest absolute Gasteiger partial charge is 0.341 e. The Kier molecular flexibility index (Phi) is 5.45. The van der Waals surface area contributed by atoms with Gasteiger partial charge >= 0.3 is 0 Å². The maximum Gasteiger partial charge on any atom is 0.274 e. The van der Waals surface area contributed by atoms with E-state index in [1.54, 1.807) is 24.3 Å². The number of rotatable bonds is 3. The average Bonchev–Trinajstić information content (AvgIpc) is 2.58. The maximum absolute atomic E-state index is 12.6. The van der Waals surface area contributed by atoms with Crippen LogP contribution in [0.4, 0.5) is 11.6 Å². The van der Waals surface area contributed by atoms with Gasteiger partial charge in [-0.15, -0.1) is 0 Å². The second kappa shape index (κ2) is 7.58. The molecular formula is C18H20Cl2N4O. The molecule has 1 fully saturated rings. The first kappa shape index (κ1) is 18.0. The Balaban J connectivity index is 1.82. The molecule has 0 aliphatic carbocycles. The van der Waals surface area contributed by atoms with Crippen LogP contribution >= 0.6 is 23.2 Å². The van der Waals surface area contributed by atoms with E-state index in [4.69, 9.17) is 23.2 Å². The molecule has 1 aromatic heterocycles. The van der Waals surface area contributed by atoms with Crippen molar-refractivity contribution in [3.63, 3.8) is 0 Å². The van der Waals surface area contributed by atoms with Gasteiger partial charge in [-0.05, 0) is 49.9 Å². The van der Waals surface area contributed by atoms with Gasteiger partial charge in [0.1, 0.15) is 5.69 Å². The molecule has 5 nitrogen and oxygen atoms in total. The Labute approximate surface area is 157 Å². The zero-order valence-corrected chi connectivity index (χ0v) is 15.7. The molecule has 1 amide bonds. The summed E-state index contributed by atoms with van der Waals surface area (Å²) in [6.45, 7) is 5.93. The van der Waals surface area contributed by atoms with Gasteiger partial charge in [-0.3, -0.25) is 4.79 Å². The molecule has 132 valence electrons. The average molecular weight is 379 g/mol. The standard InChI is InChI=1S/C18H20Cl2N4O/c1-11-5-7-24(8-6-11)18-21-12(2)9-16(23-18)17(25)22-15-10-13(19)3-4-14(15)20/h3-4,9-11H,5-8H2,1-2H3,(H,22,25). The molecule has 25 heavy (non-hydrogen) atoms. The van der Waals surface area contributed by atoms with Crippen LogP contribution in [0.5, 0.6) is 0 Å². The summed E-state index contributed by atoms with van der Waals surface area (Å²) in [5.41, 5.74) is 1.53. The lowest BCUT2D eigenvalue weighted by Gasteiger charge is -2.30. The molecule has 0 saturated carbocycles. The third kappa shape index (κ3) is 4.41. The number of carbonyl (C=O) groups excluding carboxylic acids is 1. The van der Waals surface area contributed by atoms with E-state index in [0.29, 0.717) is 33.3 Å². The molecule has 0 atom stereocenters. The van der Waals surface area contributed by atoms with Gasteiger partial charge in [0.15, 0.2) is 0 Å². The van der Waals surface area contributed by atoms with Crippen LogP contribution in [-0.2, 0) is 0 Å². The summed E-state index contributed by atoms with van der Waals surface area (Å²) in [6, 6.07) is 6.60. The first-order valence-electron chi connectivity index (χ1n) is 8.29. The number of nitrogens with one attached hydrogen (secondary N) is 1. The van der Waals surface area contributed by atoms with E-state index >= 15 is 0 Å². The third-order valence-corrected chi connectivity index (χ3v) is 4.88. The Bertz CT molecular complexity index is 789. The van der Waals surface area contributed by atoms with Crippen LogP contribution in [0.15, 0.2) is 24.3 Å². The Morgan fingerprint density at radius 1 is 1.20 bits per heavy atom. The van der Waals surface area contributed by atoms with Crippen molar-refractivity contribution in [3.05, 3.63) is 45.7 Å². The fraction of sp³-hybridized carbons (Fsp3) is 0.389.